The number of allylic oxidation sites excluding steroid dienone is 2. The summed E-state index contributed by atoms with van der Waals surface area (Å²) in [6, 6.07) is -0.538. The van der Waals surface area contributed by atoms with Crippen molar-refractivity contribution in [3.63, 3.8) is 0 Å². The summed E-state index contributed by atoms with van der Waals surface area (Å²) < 4.78 is 5.50. The molecular weight excluding hydrogens is 1050 g/mol. The van der Waals surface area contributed by atoms with Crippen molar-refractivity contribution in [2.75, 3.05) is 13.2 Å². The molecule has 0 aliphatic heterocycles. The lowest BCUT2D eigenvalue weighted by atomic mass is 10.0. The minimum absolute atomic E-state index is 0.0241. The highest BCUT2D eigenvalue weighted by Gasteiger charge is 2.20. The van der Waals surface area contributed by atoms with E-state index in [1.54, 1.807) is 0 Å². The van der Waals surface area contributed by atoms with Crippen molar-refractivity contribution in [1.82, 2.24) is 5.32 Å². The average Bonchev–Trinajstić information content (AvgIpc) is 3.56. The van der Waals surface area contributed by atoms with Crippen LogP contribution in [0.25, 0.3) is 0 Å². The van der Waals surface area contributed by atoms with E-state index in [-0.39, 0.29) is 18.5 Å². The number of aliphatic hydroxyl groups is 2. The standard InChI is InChI=1S/C80H157NO5/c1-3-5-7-9-11-13-15-17-18-19-39-42-45-49-52-56-60-64-68-72-78(83)77(76-82)81-79(84)73-69-65-61-57-53-50-46-43-40-37-35-33-31-29-27-25-23-21-20-22-24-26-28-30-32-34-36-38-41-44-47-51-55-59-63-67-71-75-86-80(85)74-70-66-62-58-54-48-16-14-12-10-8-6-4-2/h20,22,77-78,82-83H,3-19,21,23-76H2,1-2H3,(H,81,84)/b22-20-. The van der Waals surface area contributed by atoms with Gasteiger partial charge in [0.05, 0.1) is 25.4 Å². The highest BCUT2D eigenvalue weighted by atomic mass is 16.5. The second-order valence-electron chi connectivity index (χ2n) is 27.8. The first-order chi connectivity index (χ1) is 42.5. The molecule has 512 valence electrons. The van der Waals surface area contributed by atoms with Crippen LogP contribution in [0.15, 0.2) is 12.2 Å². The molecule has 2 unspecified atom stereocenters. The number of hydrogen-bond donors (Lipinski definition) is 3. The Morgan fingerprint density at radius 1 is 0.314 bits per heavy atom. The molecule has 0 spiro atoms. The van der Waals surface area contributed by atoms with Crippen LogP contribution >= 0.6 is 0 Å². The Balaban J connectivity index is 3.32. The van der Waals surface area contributed by atoms with Gasteiger partial charge in [-0.1, -0.05) is 411 Å². The van der Waals surface area contributed by atoms with Crippen molar-refractivity contribution >= 4 is 11.9 Å². The monoisotopic (exact) mass is 1210 g/mol. The smallest absolute Gasteiger partial charge is 0.305 e. The van der Waals surface area contributed by atoms with Crippen LogP contribution < -0.4 is 5.32 Å². The van der Waals surface area contributed by atoms with Crippen LogP contribution in [-0.4, -0.2) is 47.4 Å². The van der Waals surface area contributed by atoms with Gasteiger partial charge in [-0.2, -0.15) is 0 Å². The SMILES string of the molecule is CCCCCCCCCCCCCCCCCCCCCC(O)C(CO)NC(=O)CCCCCCCCCCCCCCCCCCC/C=C\CCCCCCCCCCCCCCCCCCOC(=O)CCCCCCCCCCCCCCC. The molecule has 86 heavy (non-hydrogen) atoms. The first kappa shape index (κ1) is 84.6. The van der Waals surface area contributed by atoms with E-state index in [2.05, 4.69) is 31.3 Å². The number of esters is 1. The maximum Gasteiger partial charge on any atom is 0.305 e. The molecule has 0 aromatic heterocycles. The molecule has 6 heteroatoms. The molecule has 0 aliphatic rings. The van der Waals surface area contributed by atoms with E-state index in [4.69, 9.17) is 4.74 Å². The highest BCUT2D eigenvalue weighted by Crippen LogP contribution is 2.20. The van der Waals surface area contributed by atoms with E-state index >= 15 is 0 Å². The average molecular weight is 1210 g/mol. The summed E-state index contributed by atoms with van der Waals surface area (Å²) >= 11 is 0. The quantitative estimate of drug-likeness (QED) is 0.0320. The van der Waals surface area contributed by atoms with Gasteiger partial charge >= 0.3 is 5.97 Å². The van der Waals surface area contributed by atoms with Crippen LogP contribution in [0.3, 0.4) is 0 Å². The van der Waals surface area contributed by atoms with E-state index < -0.39 is 12.1 Å². The molecular formula is C80H157NO5. The lowest BCUT2D eigenvalue weighted by Gasteiger charge is -2.22. The largest absolute Gasteiger partial charge is 0.466 e. The maximum absolute atomic E-state index is 12.6. The molecule has 1 amide bonds. The molecule has 0 rings (SSSR count). The second-order valence-corrected chi connectivity index (χ2v) is 27.8. The fourth-order valence-electron chi connectivity index (χ4n) is 13.0. The number of hydrogen-bond acceptors (Lipinski definition) is 5. The van der Waals surface area contributed by atoms with Gasteiger partial charge in [0.2, 0.25) is 5.91 Å². The molecule has 6 nitrogen and oxygen atoms in total. The first-order valence-electron chi connectivity index (χ1n) is 39.9. The molecule has 0 saturated carbocycles. The topological polar surface area (TPSA) is 95.9 Å². The summed E-state index contributed by atoms with van der Waals surface area (Å²) in [6.07, 6.45) is 96.0. The van der Waals surface area contributed by atoms with Crippen molar-refractivity contribution in [2.24, 2.45) is 0 Å². The predicted octanol–water partition coefficient (Wildman–Crippen LogP) is 26.3. The second kappa shape index (κ2) is 76.1. The lowest BCUT2D eigenvalue weighted by molar-refractivity contribution is -0.143. The zero-order chi connectivity index (χ0) is 62.0. The van der Waals surface area contributed by atoms with Gasteiger partial charge in [0.15, 0.2) is 0 Å². The normalized spacial score (nSPS) is 12.5. The number of aliphatic hydroxyl groups excluding tert-OH is 2. The van der Waals surface area contributed by atoms with Gasteiger partial charge in [0.1, 0.15) is 0 Å². The molecule has 0 aromatic rings. The van der Waals surface area contributed by atoms with Crippen LogP contribution in [0.5, 0.6) is 0 Å². The predicted molar refractivity (Wildman–Crippen MR) is 380 cm³/mol. The Hall–Kier alpha value is -1.40. The van der Waals surface area contributed by atoms with Crippen LogP contribution in [0.4, 0.5) is 0 Å². The molecule has 3 N–H and O–H groups in total. The third kappa shape index (κ3) is 71.7. The van der Waals surface area contributed by atoms with Gasteiger partial charge in [-0.15, -0.1) is 0 Å². The Kier molecular flexibility index (Phi) is 74.8. The number of carbonyl (C=O) groups excluding carboxylic acids is 2. The zero-order valence-corrected chi connectivity index (χ0v) is 58.8. The van der Waals surface area contributed by atoms with Gasteiger partial charge in [-0.25, -0.2) is 0 Å². The summed E-state index contributed by atoms with van der Waals surface area (Å²) in [5, 5.41) is 23.4. The molecule has 0 bridgehead atoms. The zero-order valence-electron chi connectivity index (χ0n) is 58.8. The Bertz CT molecular complexity index is 1300. The molecule has 0 radical (unpaired) electrons. The molecule has 0 saturated heterocycles. The van der Waals surface area contributed by atoms with E-state index in [1.165, 1.54) is 392 Å². The van der Waals surface area contributed by atoms with Crippen LogP contribution in [-0.2, 0) is 14.3 Å². The van der Waals surface area contributed by atoms with Crippen LogP contribution in [0, 0.1) is 0 Å². The fourth-order valence-corrected chi connectivity index (χ4v) is 13.0. The molecule has 0 aromatic carbocycles. The number of ether oxygens (including phenoxy) is 1. The minimum Gasteiger partial charge on any atom is -0.466 e. The van der Waals surface area contributed by atoms with Crippen LogP contribution in [0.1, 0.15) is 463 Å². The Labute approximate surface area is 539 Å². The van der Waals surface area contributed by atoms with Gasteiger partial charge in [0.25, 0.3) is 0 Å². The first-order valence-corrected chi connectivity index (χ1v) is 39.9. The minimum atomic E-state index is -0.661. The van der Waals surface area contributed by atoms with Crippen molar-refractivity contribution in [1.29, 1.82) is 0 Å². The third-order valence-corrected chi connectivity index (χ3v) is 19.1. The van der Waals surface area contributed by atoms with E-state index in [0.29, 0.717) is 25.9 Å². The summed E-state index contributed by atoms with van der Waals surface area (Å²) in [7, 11) is 0. The molecule has 0 heterocycles. The van der Waals surface area contributed by atoms with E-state index in [1.807, 2.05) is 0 Å². The number of nitrogens with one attached hydrogen (secondary N) is 1. The van der Waals surface area contributed by atoms with Gasteiger partial charge in [0, 0.05) is 12.8 Å². The molecule has 0 fully saturated rings. The van der Waals surface area contributed by atoms with Crippen molar-refractivity contribution < 1.29 is 24.5 Å². The lowest BCUT2D eigenvalue weighted by Crippen LogP contribution is -2.45. The Morgan fingerprint density at radius 2 is 0.547 bits per heavy atom. The Morgan fingerprint density at radius 3 is 0.826 bits per heavy atom. The number of unbranched alkanes of at least 4 members (excludes halogenated alkanes) is 63. The van der Waals surface area contributed by atoms with Gasteiger partial charge < -0.3 is 20.3 Å². The number of carbonyl (C=O) groups is 2. The van der Waals surface area contributed by atoms with Crippen molar-refractivity contribution in [3.8, 4) is 0 Å². The summed E-state index contributed by atoms with van der Waals surface area (Å²) in [6.45, 7) is 5.01. The van der Waals surface area contributed by atoms with E-state index in [0.717, 1.165) is 38.5 Å². The van der Waals surface area contributed by atoms with E-state index in [9.17, 15) is 19.8 Å². The van der Waals surface area contributed by atoms with Gasteiger partial charge in [-0.3, -0.25) is 9.59 Å². The third-order valence-electron chi connectivity index (χ3n) is 19.1. The van der Waals surface area contributed by atoms with Crippen molar-refractivity contribution in [3.05, 3.63) is 12.2 Å². The summed E-state index contributed by atoms with van der Waals surface area (Å²) in [4.78, 5) is 24.6. The summed E-state index contributed by atoms with van der Waals surface area (Å²) in [5.74, 6) is -0.00162. The maximum atomic E-state index is 12.6. The van der Waals surface area contributed by atoms with Gasteiger partial charge in [-0.05, 0) is 51.4 Å². The van der Waals surface area contributed by atoms with Crippen molar-refractivity contribution in [2.45, 2.75) is 475 Å². The number of rotatable bonds is 76. The highest BCUT2D eigenvalue weighted by molar-refractivity contribution is 5.76. The summed E-state index contributed by atoms with van der Waals surface area (Å²) in [5.41, 5.74) is 0. The van der Waals surface area contributed by atoms with Crippen LogP contribution in [0.2, 0.25) is 0 Å². The molecule has 0 aliphatic carbocycles. The molecule has 2 atom stereocenters. The fraction of sp³-hybridized carbons (Fsp3) is 0.950. The number of amides is 1.